The molecule has 1 aliphatic rings. The van der Waals surface area contributed by atoms with Gasteiger partial charge in [-0.15, -0.1) is 0 Å². The van der Waals surface area contributed by atoms with Gasteiger partial charge in [0, 0.05) is 37.8 Å². The second kappa shape index (κ2) is 7.79. The maximum atomic E-state index is 13.0. The van der Waals surface area contributed by atoms with Crippen LogP contribution in [0.5, 0.6) is 0 Å². The zero-order valence-corrected chi connectivity index (χ0v) is 14.6. The minimum atomic E-state index is -0.220. The van der Waals surface area contributed by atoms with E-state index in [0.717, 1.165) is 49.7 Å². The van der Waals surface area contributed by atoms with E-state index in [-0.39, 0.29) is 5.82 Å². The third kappa shape index (κ3) is 4.17. The summed E-state index contributed by atoms with van der Waals surface area (Å²) in [5.41, 5.74) is 2.26. The molecule has 5 heteroatoms. The first-order chi connectivity index (χ1) is 12.8. The van der Waals surface area contributed by atoms with Crippen LogP contribution in [0.4, 0.5) is 4.39 Å². The maximum absolute atomic E-state index is 13.0. The van der Waals surface area contributed by atoms with Crippen LogP contribution in [0.2, 0.25) is 0 Å². The SMILES string of the molecule is Fc1ccc(Cc2cnc(C3CCCN(Cc4cccnc4)C3)o2)cc1. The van der Waals surface area contributed by atoms with Crippen molar-refractivity contribution >= 4 is 0 Å². The van der Waals surface area contributed by atoms with Gasteiger partial charge in [-0.1, -0.05) is 18.2 Å². The van der Waals surface area contributed by atoms with E-state index in [1.54, 1.807) is 24.5 Å². The average Bonchev–Trinajstić information content (AvgIpc) is 3.13. The molecule has 134 valence electrons. The number of nitrogens with zero attached hydrogens (tertiary/aromatic N) is 3. The van der Waals surface area contributed by atoms with E-state index in [4.69, 9.17) is 4.42 Å². The fourth-order valence-electron chi connectivity index (χ4n) is 3.55. The second-order valence-corrected chi connectivity index (χ2v) is 6.90. The summed E-state index contributed by atoms with van der Waals surface area (Å²) in [7, 11) is 0. The fourth-order valence-corrected chi connectivity index (χ4v) is 3.55. The first-order valence-electron chi connectivity index (χ1n) is 9.06. The molecule has 0 saturated carbocycles. The molecule has 1 aromatic carbocycles. The Morgan fingerprint density at radius 1 is 1.12 bits per heavy atom. The Balaban J connectivity index is 1.39. The van der Waals surface area contributed by atoms with Crippen molar-refractivity contribution in [3.05, 3.63) is 83.6 Å². The maximum Gasteiger partial charge on any atom is 0.198 e. The molecule has 1 unspecified atom stereocenters. The molecule has 3 heterocycles. The summed E-state index contributed by atoms with van der Waals surface area (Å²) in [4.78, 5) is 11.1. The number of hydrogen-bond acceptors (Lipinski definition) is 4. The lowest BCUT2D eigenvalue weighted by molar-refractivity contribution is 0.185. The van der Waals surface area contributed by atoms with Gasteiger partial charge >= 0.3 is 0 Å². The lowest BCUT2D eigenvalue weighted by Crippen LogP contribution is -2.34. The van der Waals surface area contributed by atoms with E-state index >= 15 is 0 Å². The molecule has 26 heavy (non-hydrogen) atoms. The third-order valence-electron chi connectivity index (χ3n) is 4.85. The number of oxazole rings is 1. The molecule has 0 radical (unpaired) electrons. The van der Waals surface area contributed by atoms with E-state index in [1.165, 1.54) is 17.7 Å². The zero-order valence-electron chi connectivity index (χ0n) is 14.6. The van der Waals surface area contributed by atoms with E-state index in [0.29, 0.717) is 12.3 Å². The number of aromatic nitrogens is 2. The first-order valence-corrected chi connectivity index (χ1v) is 9.06. The molecule has 1 aliphatic heterocycles. The summed E-state index contributed by atoms with van der Waals surface area (Å²) in [6.07, 6.45) is 8.41. The predicted octanol–water partition coefficient (Wildman–Crippen LogP) is 4.18. The van der Waals surface area contributed by atoms with E-state index in [2.05, 4.69) is 20.9 Å². The fraction of sp³-hybridized carbons (Fsp3) is 0.333. The first kappa shape index (κ1) is 16.9. The smallest absolute Gasteiger partial charge is 0.198 e. The Hall–Kier alpha value is -2.53. The van der Waals surface area contributed by atoms with Gasteiger partial charge in [0.15, 0.2) is 5.89 Å². The number of piperidine rings is 1. The van der Waals surface area contributed by atoms with Crippen LogP contribution in [0, 0.1) is 5.82 Å². The number of pyridine rings is 1. The van der Waals surface area contributed by atoms with Gasteiger partial charge in [-0.2, -0.15) is 0 Å². The Bertz CT molecular complexity index is 832. The van der Waals surface area contributed by atoms with Crippen molar-refractivity contribution in [3.8, 4) is 0 Å². The molecule has 4 rings (SSSR count). The number of hydrogen-bond donors (Lipinski definition) is 0. The van der Waals surface area contributed by atoms with E-state index < -0.39 is 0 Å². The number of halogens is 1. The molecule has 0 spiro atoms. The van der Waals surface area contributed by atoms with E-state index in [1.807, 2.05) is 12.3 Å². The van der Waals surface area contributed by atoms with Gasteiger partial charge < -0.3 is 4.42 Å². The summed E-state index contributed by atoms with van der Waals surface area (Å²) in [6.45, 7) is 2.95. The molecular formula is C21H22FN3O. The van der Waals surface area contributed by atoms with Crippen molar-refractivity contribution in [2.45, 2.75) is 31.7 Å². The van der Waals surface area contributed by atoms with Gasteiger partial charge in [-0.05, 0) is 48.7 Å². The van der Waals surface area contributed by atoms with Crippen molar-refractivity contribution in [2.24, 2.45) is 0 Å². The highest BCUT2D eigenvalue weighted by atomic mass is 19.1. The van der Waals surface area contributed by atoms with Crippen LogP contribution in [-0.4, -0.2) is 28.0 Å². The Labute approximate surface area is 152 Å². The standard InChI is InChI=1S/C21H22FN3O/c22-19-7-5-16(6-8-19)11-20-13-24-21(26-20)18-4-2-10-25(15-18)14-17-3-1-9-23-12-17/h1,3,5-9,12-13,18H,2,4,10-11,14-15H2. The van der Waals surface area contributed by atoms with Crippen LogP contribution in [0.1, 0.15) is 41.5 Å². The second-order valence-electron chi connectivity index (χ2n) is 6.90. The lowest BCUT2D eigenvalue weighted by Gasteiger charge is -2.31. The van der Waals surface area contributed by atoms with Crippen LogP contribution < -0.4 is 0 Å². The van der Waals surface area contributed by atoms with Crippen LogP contribution >= 0.6 is 0 Å². The Kier molecular flexibility index (Phi) is 5.07. The summed E-state index contributed by atoms with van der Waals surface area (Å²) in [5.74, 6) is 1.75. The molecule has 3 aromatic rings. The number of benzene rings is 1. The summed E-state index contributed by atoms with van der Waals surface area (Å²) >= 11 is 0. The molecule has 0 bridgehead atoms. The molecule has 4 nitrogen and oxygen atoms in total. The van der Waals surface area contributed by atoms with Gasteiger partial charge in [0.1, 0.15) is 11.6 Å². The quantitative estimate of drug-likeness (QED) is 0.692. The van der Waals surface area contributed by atoms with Gasteiger partial charge in [0.25, 0.3) is 0 Å². The highest BCUT2D eigenvalue weighted by Crippen LogP contribution is 2.28. The molecule has 1 saturated heterocycles. The minimum Gasteiger partial charge on any atom is -0.445 e. The highest BCUT2D eigenvalue weighted by molar-refractivity contribution is 5.20. The van der Waals surface area contributed by atoms with Crippen LogP contribution in [0.25, 0.3) is 0 Å². The van der Waals surface area contributed by atoms with Gasteiger partial charge in [0.05, 0.1) is 6.20 Å². The van der Waals surface area contributed by atoms with E-state index in [9.17, 15) is 4.39 Å². The van der Waals surface area contributed by atoms with Crippen molar-refractivity contribution in [3.63, 3.8) is 0 Å². The largest absolute Gasteiger partial charge is 0.445 e. The highest BCUT2D eigenvalue weighted by Gasteiger charge is 2.25. The van der Waals surface area contributed by atoms with Gasteiger partial charge in [0.2, 0.25) is 0 Å². The van der Waals surface area contributed by atoms with Crippen molar-refractivity contribution < 1.29 is 8.81 Å². The Morgan fingerprint density at radius 2 is 2.00 bits per heavy atom. The van der Waals surface area contributed by atoms with Crippen LogP contribution in [-0.2, 0) is 13.0 Å². The van der Waals surface area contributed by atoms with Crippen molar-refractivity contribution in [1.82, 2.24) is 14.9 Å². The normalized spacial score (nSPS) is 18.1. The van der Waals surface area contributed by atoms with Crippen molar-refractivity contribution in [2.75, 3.05) is 13.1 Å². The molecule has 2 aromatic heterocycles. The summed E-state index contributed by atoms with van der Waals surface area (Å²) in [5, 5.41) is 0. The summed E-state index contributed by atoms with van der Waals surface area (Å²) < 4.78 is 19.0. The zero-order chi connectivity index (χ0) is 17.8. The molecular weight excluding hydrogens is 329 g/mol. The molecule has 0 N–H and O–H groups in total. The molecule has 1 fully saturated rings. The van der Waals surface area contributed by atoms with Crippen LogP contribution in [0.3, 0.4) is 0 Å². The summed E-state index contributed by atoms with van der Waals surface area (Å²) in [6, 6.07) is 10.6. The molecule has 1 atom stereocenters. The monoisotopic (exact) mass is 351 g/mol. The molecule has 0 aliphatic carbocycles. The minimum absolute atomic E-state index is 0.220. The lowest BCUT2D eigenvalue weighted by atomic mass is 9.97. The van der Waals surface area contributed by atoms with Crippen LogP contribution in [0.15, 0.2) is 59.4 Å². The average molecular weight is 351 g/mol. The third-order valence-corrected chi connectivity index (χ3v) is 4.85. The molecule has 0 amide bonds. The van der Waals surface area contributed by atoms with Gasteiger partial charge in [-0.25, -0.2) is 9.37 Å². The predicted molar refractivity (Wildman–Crippen MR) is 97.2 cm³/mol. The topological polar surface area (TPSA) is 42.2 Å². The Morgan fingerprint density at radius 3 is 2.81 bits per heavy atom. The number of likely N-dealkylation sites (tertiary alicyclic amines) is 1. The van der Waals surface area contributed by atoms with Gasteiger partial charge in [-0.3, -0.25) is 9.88 Å². The number of rotatable bonds is 5. The van der Waals surface area contributed by atoms with Crippen molar-refractivity contribution in [1.29, 1.82) is 0 Å².